The van der Waals surface area contributed by atoms with Crippen molar-refractivity contribution in [2.45, 2.75) is 38.0 Å². The summed E-state index contributed by atoms with van der Waals surface area (Å²) in [7, 11) is 1.62. The highest BCUT2D eigenvalue weighted by molar-refractivity contribution is 7.99. The first-order chi connectivity index (χ1) is 17.0. The topological polar surface area (TPSA) is 85.7 Å². The lowest BCUT2D eigenvalue weighted by Crippen LogP contribution is -2.36. The average Bonchev–Trinajstić information content (AvgIpc) is 2.90. The van der Waals surface area contributed by atoms with Gasteiger partial charge in [0.1, 0.15) is 5.75 Å². The van der Waals surface area contributed by atoms with Crippen molar-refractivity contribution < 1.29 is 14.3 Å². The first kappa shape index (κ1) is 25.1. The van der Waals surface area contributed by atoms with Gasteiger partial charge in [-0.3, -0.25) is 14.2 Å². The van der Waals surface area contributed by atoms with E-state index in [1.165, 1.54) is 11.8 Å². The fourth-order valence-corrected chi connectivity index (χ4v) is 4.73. The number of amides is 1. The zero-order valence-corrected chi connectivity index (χ0v) is 21.3. The number of hydrogen-bond acceptors (Lipinski definition) is 7. The van der Waals surface area contributed by atoms with Crippen molar-refractivity contribution in [1.82, 2.24) is 14.9 Å². The smallest absolute Gasteiger partial charge is 0.262 e. The number of methoxy groups -OCH3 is 1. The summed E-state index contributed by atoms with van der Waals surface area (Å²) in [6.07, 6.45) is 0.859. The number of carbonyl (C=O) groups excluding carboxylic acids is 1. The minimum absolute atomic E-state index is 0.0719. The second kappa shape index (κ2) is 11.6. The Kier molecular flexibility index (Phi) is 8.30. The highest BCUT2D eigenvalue weighted by Crippen LogP contribution is 2.24. The maximum atomic E-state index is 13.7. The lowest BCUT2D eigenvalue weighted by molar-refractivity contribution is -0.119. The molecule has 1 N–H and O–H groups in total. The summed E-state index contributed by atoms with van der Waals surface area (Å²) >= 11 is 1.28. The van der Waals surface area contributed by atoms with Crippen LogP contribution < -0.4 is 20.5 Å². The van der Waals surface area contributed by atoms with E-state index in [1.807, 2.05) is 56.3 Å². The molecule has 0 saturated carbocycles. The molecule has 1 saturated heterocycles. The van der Waals surface area contributed by atoms with Crippen LogP contribution in [-0.4, -0.2) is 60.7 Å². The number of hydrogen-bond donors (Lipinski definition) is 1. The van der Waals surface area contributed by atoms with Gasteiger partial charge in [-0.15, -0.1) is 0 Å². The van der Waals surface area contributed by atoms with Gasteiger partial charge in [-0.25, -0.2) is 4.98 Å². The summed E-state index contributed by atoms with van der Waals surface area (Å²) < 4.78 is 12.4. The Bertz CT molecular complexity index is 1220. The van der Waals surface area contributed by atoms with Crippen LogP contribution >= 0.6 is 11.8 Å². The quantitative estimate of drug-likeness (QED) is 0.359. The minimum Gasteiger partial charge on any atom is -0.497 e. The van der Waals surface area contributed by atoms with Crippen molar-refractivity contribution >= 4 is 34.3 Å². The van der Waals surface area contributed by atoms with Crippen molar-refractivity contribution in [2.75, 3.05) is 44.1 Å². The summed E-state index contributed by atoms with van der Waals surface area (Å²) in [5.74, 6) is 0.873. The maximum absolute atomic E-state index is 13.7. The van der Waals surface area contributed by atoms with Crippen LogP contribution in [0.2, 0.25) is 0 Å². The molecule has 1 fully saturated rings. The number of rotatable bonds is 9. The number of nitrogens with zero attached hydrogens (tertiary/aromatic N) is 3. The van der Waals surface area contributed by atoms with Crippen molar-refractivity contribution in [2.24, 2.45) is 0 Å². The summed E-state index contributed by atoms with van der Waals surface area (Å²) in [5.41, 5.74) is 2.45. The van der Waals surface area contributed by atoms with Crippen molar-refractivity contribution in [3.8, 4) is 5.75 Å². The molecule has 2 heterocycles. The molecule has 0 radical (unpaired) electrons. The van der Waals surface area contributed by atoms with Gasteiger partial charge >= 0.3 is 0 Å². The number of carbonyl (C=O) groups is 1. The number of nitrogens with one attached hydrogen (secondary N) is 1. The fraction of sp³-hybridized carbons (Fsp3) is 0.423. The Balaban J connectivity index is 1.69. The summed E-state index contributed by atoms with van der Waals surface area (Å²) in [4.78, 5) is 33.2. The van der Waals surface area contributed by atoms with Gasteiger partial charge in [0.2, 0.25) is 5.91 Å². The number of anilines is 1. The average molecular weight is 497 g/mol. The van der Waals surface area contributed by atoms with E-state index in [0.717, 1.165) is 36.5 Å². The fourth-order valence-electron chi connectivity index (χ4n) is 3.92. The SMILES string of the molecule is CC[C@H](C)NC(=O)CSc1nc2ccc(N3CCOCC3)cc2c(=O)n1Cc1ccc(OC)cc1. The molecule has 0 bridgehead atoms. The second-order valence-electron chi connectivity index (χ2n) is 8.60. The van der Waals surface area contributed by atoms with Crippen LogP contribution in [0.1, 0.15) is 25.8 Å². The number of benzene rings is 2. The second-order valence-corrected chi connectivity index (χ2v) is 9.54. The van der Waals surface area contributed by atoms with Crippen molar-refractivity contribution in [1.29, 1.82) is 0 Å². The van der Waals surface area contributed by atoms with Gasteiger partial charge in [-0.2, -0.15) is 0 Å². The highest BCUT2D eigenvalue weighted by atomic mass is 32.2. The van der Waals surface area contributed by atoms with Crippen LogP contribution in [0, 0.1) is 0 Å². The first-order valence-electron chi connectivity index (χ1n) is 11.9. The van der Waals surface area contributed by atoms with Crippen molar-refractivity contribution in [3.05, 3.63) is 58.4 Å². The summed E-state index contributed by atoms with van der Waals surface area (Å²) in [6, 6.07) is 13.5. The molecule has 1 aromatic heterocycles. The van der Waals surface area contributed by atoms with E-state index in [2.05, 4.69) is 10.2 Å². The molecule has 0 aliphatic carbocycles. The van der Waals surface area contributed by atoms with E-state index in [-0.39, 0.29) is 23.3 Å². The lowest BCUT2D eigenvalue weighted by Gasteiger charge is -2.29. The molecule has 0 spiro atoms. The normalized spacial score (nSPS) is 14.7. The molecule has 3 aromatic rings. The molecule has 4 rings (SSSR count). The van der Waals surface area contributed by atoms with Crippen molar-refractivity contribution in [3.63, 3.8) is 0 Å². The van der Waals surface area contributed by atoms with Crippen LogP contribution in [0.4, 0.5) is 5.69 Å². The van der Waals surface area contributed by atoms with E-state index in [1.54, 1.807) is 11.7 Å². The number of aromatic nitrogens is 2. The van der Waals surface area contributed by atoms with Crippen LogP contribution in [0.3, 0.4) is 0 Å². The van der Waals surface area contributed by atoms with E-state index in [4.69, 9.17) is 14.5 Å². The number of morpholine rings is 1. The van der Waals surface area contributed by atoms with Gasteiger partial charge in [-0.1, -0.05) is 30.8 Å². The van der Waals surface area contributed by atoms with Crippen LogP contribution in [0.5, 0.6) is 5.75 Å². The Morgan fingerprint density at radius 3 is 2.63 bits per heavy atom. The van der Waals surface area contributed by atoms with Gasteiger partial charge in [0.05, 0.1) is 43.5 Å². The van der Waals surface area contributed by atoms with Gasteiger partial charge in [0, 0.05) is 24.8 Å². The molecular formula is C26H32N4O4S. The van der Waals surface area contributed by atoms with E-state index < -0.39 is 0 Å². The Hall–Kier alpha value is -3.04. The van der Waals surface area contributed by atoms with E-state index >= 15 is 0 Å². The molecular weight excluding hydrogens is 464 g/mol. The summed E-state index contributed by atoms with van der Waals surface area (Å²) in [6.45, 7) is 7.28. The van der Waals surface area contributed by atoms with E-state index in [9.17, 15) is 9.59 Å². The number of fused-ring (bicyclic) bond motifs is 1. The van der Waals surface area contributed by atoms with Crippen LogP contribution in [-0.2, 0) is 16.1 Å². The molecule has 1 amide bonds. The molecule has 1 aliphatic rings. The molecule has 8 nitrogen and oxygen atoms in total. The minimum atomic E-state index is -0.120. The molecule has 9 heteroatoms. The standard InChI is InChI=1S/C26H32N4O4S/c1-4-18(2)27-24(31)17-35-26-28-23-10-7-20(29-11-13-34-14-12-29)15-22(23)25(32)30(26)16-19-5-8-21(33-3)9-6-19/h5-10,15,18H,4,11-14,16-17H2,1-3H3,(H,27,31)/t18-/m0/s1. The van der Waals surface area contributed by atoms with Gasteiger partial charge in [0.15, 0.2) is 5.16 Å². The van der Waals surface area contributed by atoms with E-state index in [0.29, 0.717) is 35.8 Å². The Labute approximate surface area is 209 Å². The van der Waals surface area contributed by atoms with Crippen LogP contribution in [0.25, 0.3) is 10.9 Å². The number of thioether (sulfide) groups is 1. The zero-order valence-electron chi connectivity index (χ0n) is 20.5. The molecule has 2 aromatic carbocycles. The first-order valence-corrected chi connectivity index (χ1v) is 12.9. The van der Waals surface area contributed by atoms with Gasteiger partial charge in [-0.05, 0) is 49.2 Å². The third-order valence-corrected chi connectivity index (χ3v) is 7.11. The molecule has 1 atom stereocenters. The molecule has 1 aliphatic heterocycles. The van der Waals surface area contributed by atoms with Crippen LogP contribution in [0.15, 0.2) is 52.4 Å². The maximum Gasteiger partial charge on any atom is 0.262 e. The van der Waals surface area contributed by atoms with Gasteiger partial charge < -0.3 is 19.7 Å². The third-order valence-electron chi connectivity index (χ3n) is 6.13. The monoisotopic (exact) mass is 496 g/mol. The zero-order chi connectivity index (χ0) is 24.8. The molecule has 0 unspecified atom stereocenters. The predicted octanol–water partition coefficient (Wildman–Crippen LogP) is 3.30. The Morgan fingerprint density at radius 1 is 1.20 bits per heavy atom. The summed E-state index contributed by atoms with van der Waals surface area (Å²) in [5, 5.41) is 4.06. The Morgan fingerprint density at radius 2 is 1.94 bits per heavy atom. The predicted molar refractivity (Wildman–Crippen MR) is 140 cm³/mol. The lowest BCUT2D eigenvalue weighted by atomic mass is 10.2. The molecule has 186 valence electrons. The van der Waals surface area contributed by atoms with Gasteiger partial charge in [0.25, 0.3) is 5.56 Å². The molecule has 35 heavy (non-hydrogen) atoms. The number of ether oxygens (including phenoxy) is 2. The highest BCUT2D eigenvalue weighted by Gasteiger charge is 2.17. The largest absolute Gasteiger partial charge is 0.497 e. The third kappa shape index (κ3) is 6.15.